The van der Waals surface area contributed by atoms with Crippen molar-refractivity contribution in [2.24, 2.45) is 0 Å². The number of hydrogen-bond acceptors (Lipinski definition) is 1. The van der Waals surface area contributed by atoms with Gasteiger partial charge in [0.1, 0.15) is 0 Å². The molecule has 0 aliphatic rings. The monoisotopic (exact) mass is 121 g/mol. The summed E-state index contributed by atoms with van der Waals surface area (Å²) in [7, 11) is 3.22. The fraction of sp³-hybridized carbons (Fsp3) is 0.800. The Morgan fingerprint density at radius 2 is 2.00 bits per heavy atom. The highest BCUT2D eigenvalue weighted by atomic mass is 35.5. The quantitative estimate of drug-likeness (QED) is 0.507. The maximum atomic E-state index is 5.56. The van der Waals surface area contributed by atoms with Crippen molar-refractivity contribution < 1.29 is 4.74 Å². The molecule has 0 aromatic carbocycles. The predicted molar refractivity (Wildman–Crippen MR) is 31.2 cm³/mol. The van der Waals surface area contributed by atoms with Gasteiger partial charge >= 0.3 is 0 Å². The number of alkyl halides is 1. The van der Waals surface area contributed by atoms with E-state index >= 15 is 0 Å². The van der Waals surface area contributed by atoms with Crippen LogP contribution in [-0.2, 0) is 4.74 Å². The standard InChI is InChI=1S/C5H10ClO/c1-4(6)5(2)7-3/h4-5H,3H2,1-2H3. The first-order valence-corrected chi connectivity index (χ1v) is 2.67. The fourth-order valence-electron chi connectivity index (χ4n) is 0.133. The van der Waals surface area contributed by atoms with Crippen molar-refractivity contribution in [1.82, 2.24) is 0 Å². The number of ether oxygens (including phenoxy) is 1. The molecule has 1 nitrogen and oxygen atoms in total. The molecule has 0 heterocycles. The van der Waals surface area contributed by atoms with Gasteiger partial charge in [-0.05, 0) is 13.8 Å². The summed E-state index contributed by atoms with van der Waals surface area (Å²) in [6.45, 7) is 3.75. The second-order valence-electron chi connectivity index (χ2n) is 1.55. The number of halogens is 1. The molecule has 0 saturated heterocycles. The van der Waals surface area contributed by atoms with Gasteiger partial charge < -0.3 is 4.74 Å². The van der Waals surface area contributed by atoms with E-state index < -0.39 is 0 Å². The molecule has 0 spiro atoms. The van der Waals surface area contributed by atoms with Crippen LogP contribution in [0.2, 0.25) is 0 Å². The van der Waals surface area contributed by atoms with Crippen LogP contribution >= 0.6 is 11.6 Å². The van der Waals surface area contributed by atoms with Crippen molar-refractivity contribution >= 4 is 11.6 Å². The largest absolute Gasteiger partial charge is 0.375 e. The Labute approximate surface area is 49.6 Å². The highest BCUT2D eigenvalue weighted by Gasteiger charge is 2.04. The van der Waals surface area contributed by atoms with E-state index in [1.165, 1.54) is 0 Å². The Hall–Kier alpha value is 0.250. The zero-order chi connectivity index (χ0) is 5.86. The lowest BCUT2D eigenvalue weighted by Gasteiger charge is -2.09. The molecule has 7 heavy (non-hydrogen) atoms. The molecule has 0 fully saturated rings. The van der Waals surface area contributed by atoms with Crippen LogP contribution in [0.3, 0.4) is 0 Å². The minimum Gasteiger partial charge on any atom is -0.375 e. The highest BCUT2D eigenvalue weighted by molar-refractivity contribution is 6.20. The molecular formula is C5H10ClO. The molecule has 0 amide bonds. The maximum Gasteiger partial charge on any atom is 0.0708 e. The Bertz CT molecular complexity index is 45.3. The molecule has 0 aromatic rings. The van der Waals surface area contributed by atoms with Crippen LogP contribution in [0.1, 0.15) is 13.8 Å². The summed E-state index contributed by atoms with van der Waals surface area (Å²) >= 11 is 5.56. The van der Waals surface area contributed by atoms with E-state index in [0.717, 1.165) is 0 Å². The van der Waals surface area contributed by atoms with Gasteiger partial charge in [-0.2, -0.15) is 0 Å². The van der Waals surface area contributed by atoms with Crippen molar-refractivity contribution in [2.75, 3.05) is 0 Å². The van der Waals surface area contributed by atoms with Crippen LogP contribution < -0.4 is 0 Å². The summed E-state index contributed by atoms with van der Waals surface area (Å²) in [5.41, 5.74) is 0. The zero-order valence-electron chi connectivity index (χ0n) is 4.65. The van der Waals surface area contributed by atoms with Crippen molar-refractivity contribution in [3.8, 4) is 0 Å². The average Bonchev–Trinajstić information content (AvgIpc) is 1.65. The van der Waals surface area contributed by atoms with Gasteiger partial charge in [0.25, 0.3) is 0 Å². The molecule has 1 radical (unpaired) electrons. The molecule has 2 unspecified atom stereocenters. The molecule has 0 saturated carbocycles. The van der Waals surface area contributed by atoms with Crippen LogP contribution in [-0.4, -0.2) is 11.5 Å². The summed E-state index contributed by atoms with van der Waals surface area (Å²) in [5, 5.41) is 0.0532. The molecular weight excluding hydrogens is 112 g/mol. The van der Waals surface area contributed by atoms with Crippen molar-refractivity contribution in [2.45, 2.75) is 25.3 Å². The Morgan fingerprint density at radius 3 is 2.00 bits per heavy atom. The number of hydrogen-bond donors (Lipinski definition) is 0. The Balaban J connectivity index is 3.14. The van der Waals surface area contributed by atoms with Crippen molar-refractivity contribution in [3.63, 3.8) is 0 Å². The molecule has 0 N–H and O–H groups in total. The smallest absolute Gasteiger partial charge is 0.0708 e. The lowest BCUT2D eigenvalue weighted by Crippen LogP contribution is -2.14. The Morgan fingerprint density at radius 1 is 1.57 bits per heavy atom. The van der Waals surface area contributed by atoms with Gasteiger partial charge in [-0.1, -0.05) is 0 Å². The van der Waals surface area contributed by atoms with E-state index in [4.69, 9.17) is 11.6 Å². The van der Waals surface area contributed by atoms with Gasteiger partial charge in [0, 0.05) is 0 Å². The normalized spacial score (nSPS) is 18.9. The molecule has 43 valence electrons. The third kappa shape index (κ3) is 2.89. The van der Waals surface area contributed by atoms with Crippen LogP contribution in [0.4, 0.5) is 0 Å². The molecule has 0 aliphatic carbocycles. The topological polar surface area (TPSA) is 9.23 Å². The zero-order valence-corrected chi connectivity index (χ0v) is 5.40. The van der Waals surface area contributed by atoms with E-state index in [9.17, 15) is 0 Å². The fourth-order valence-corrected chi connectivity index (χ4v) is 0.205. The van der Waals surface area contributed by atoms with Crippen LogP contribution in [0.5, 0.6) is 0 Å². The van der Waals surface area contributed by atoms with Crippen LogP contribution in [0.25, 0.3) is 0 Å². The Kier molecular flexibility index (Phi) is 3.39. The van der Waals surface area contributed by atoms with E-state index in [0.29, 0.717) is 0 Å². The molecule has 0 rings (SSSR count). The second kappa shape index (κ2) is 3.28. The van der Waals surface area contributed by atoms with Crippen molar-refractivity contribution in [1.29, 1.82) is 0 Å². The van der Waals surface area contributed by atoms with E-state index in [-0.39, 0.29) is 11.5 Å². The lowest BCUT2D eigenvalue weighted by molar-refractivity contribution is 0.154. The van der Waals surface area contributed by atoms with E-state index in [2.05, 4.69) is 11.8 Å². The third-order valence-electron chi connectivity index (χ3n) is 0.910. The van der Waals surface area contributed by atoms with Crippen molar-refractivity contribution in [3.05, 3.63) is 7.11 Å². The van der Waals surface area contributed by atoms with Crippen LogP contribution in [0, 0.1) is 7.11 Å². The molecule has 0 aromatic heterocycles. The number of rotatable bonds is 2. The molecule has 2 heteroatoms. The van der Waals surface area contributed by atoms with Gasteiger partial charge in [-0.3, -0.25) is 0 Å². The minimum atomic E-state index is 0.0532. The maximum absolute atomic E-state index is 5.56. The second-order valence-corrected chi connectivity index (χ2v) is 2.24. The minimum absolute atomic E-state index is 0.0532. The van der Waals surface area contributed by atoms with Gasteiger partial charge in [-0.15, -0.1) is 11.6 Å². The predicted octanol–water partition coefficient (Wildman–Crippen LogP) is 1.81. The third-order valence-corrected chi connectivity index (χ3v) is 1.26. The van der Waals surface area contributed by atoms with Crippen LogP contribution in [0.15, 0.2) is 0 Å². The van der Waals surface area contributed by atoms with E-state index in [1.54, 1.807) is 0 Å². The summed E-state index contributed by atoms with van der Waals surface area (Å²) in [6, 6.07) is 0. The van der Waals surface area contributed by atoms with E-state index in [1.807, 2.05) is 13.8 Å². The highest BCUT2D eigenvalue weighted by Crippen LogP contribution is 2.03. The van der Waals surface area contributed by atoms with Gasteiger partial charge in [0.2, 0.25) is 0 Å². The first kappa shape index (κ1) is 7.25. The molecule has 0 aliphatic heterocycles. The summed E-state index contributed by atoms with van der Waals surface area (Å²) in [6.07, 6.45) is 0.0571. The molecule has 0 bridgehead atoms. The first-order chi connectivity index (χ1) is 3.18. The summed E-state index contributed by atoms with van der Waals surface area (Å²) in [4.78, 5) is 0. The first-order valence-electron chi connectivity index (χ1n) is 2.23. The van der Waals surface area contributed by atoms with Gasteiger partial charge in [0.15, 0.2) is 0 Å². The summed E-state index contributed by atoms with van der Waals surface area (Å²) in [5.74, 6) is 0. The van der Waals surface area contributed by atoms with Gasteiger partial charge in [-0.25, -0.2) is 0 Å². The molecule has 2 atom stereocenters. The summed E-state index contributed by atoms with van der Waals surface area (Å²) < 4.78 is 4.63. The lowest BCUT2D eigenvalue weighted by atomic mass is 10.3. The van der Waals surface area contributed by atoms with Gasteiger partial charge in [0.05, 0.1) is 18.6 Å². The SMILES string of the molecule is [CH2]OC(C)C(C)Cl. The average molecular weight is 122 g/mol.